The fourth-order valence-electron chi connectivity index (χ4n) is 3.69. The van der Waals surface area contributed by atoms with E-state index in [1.165, 1.54) is 11.3 Å². The highest BCUT2D eigenvalue weighted by molar-refractivity contribution is 7.12. The summed E-state index contributed by atoms with van der Waals surface area (Å²) in [5.41, 5.74) is 0. The first-order valence-corrected chi connectivity index (χ1v) is 10.6. The number of hydrogen-bond donors (Lipinski definition) is 1. The standard InChI is InChI=1S/C19H26N6O2S/c26-14-13-22-5-7-23(8-6-22)17-3-4-18(21-20-17)24-9-11-25(12-10-24)19(27)16-2-1-15-28-16/h1-4,15,26H,5-14H2. The number of β-amino-alcohol motifs (C(OH)–C–C–N with tert-alkyl or cyclic N) is 1. The molecule has 0 radical (unpaired) electrons. The molecule has 0 bridgehead atoms. The lowest BCUT2D eigenvalue weighted by Gasteiger charge is -2.36. The smallest absolute Gasteiger partial charge is 0.264 e. The molecule has 2 aromatic rings. The Labute approximate surface area is 169 Å². The normalized spacial score (nSPS) is 18.5. The number of anilines is 2. The van der Waals surface area contributed by atoms with Crippen LogP contribution in [0.2, 0.25) is 0 Å². The molecule has 28 heavy (non-hydrogen) atoms. The van der Waals surface area contributed by atoms with E-state index in [1.54, 1.807) is 0 Å². The van der Waals surface area contributed by atoms with Crippen LogP contribution in [-0.2, 0) is 0 Å². The highest BCUT2D eigenvalue weighted by Gasteiger charge is 2.24. The minimum absolute atomic E-state index is 0.122. The third kappa shape index (κ3) is 4.26. The molecular formula is C19H26N6O2S. The zero-order valence-corrected chi connectivity index (χ0v) is 16.7. The van der Waals surface area contributed by atoms with E-state index in [4.69, 9.17) is 5.11 Å². The van der Waals surface area contributed by atoms with Crippen molar-refractivity contribution < 1.29 is 9.90 Å². The molecule has 0 atom stereocenters. The fraction of sp³-hybridized carbons (Fsp3) is 0.526. The predicted molar refractivity (Wildman–Crippen MR) is 110 cm³/mol. The van der Waals surface area contributed by atoms with Crippen LogP contribution in [-0.4, -0.2) is 96.5 Å². The van der Waals surface area contributed by atoms with Crippen LogP contribution in [0.1, 0.15) is 9.67 Å². The SMILES string of the molecule is O=C(c1cccs1)N1CCN(c2ccc(N3CCN(CCO)CC3)nn2)CC1. The molecule has 4 rings (SSSR count). The number of hydrogen-bond acceptors (Lipinski definition) is 8. The highest BCUT2D eigenvalue weighted by Crippen LogP contribution is 2.19. The van der Waals surface area contributed by atoms with Crippen LogP contribution in [0.3, 0.4) is 0 Å². The van der Waals surface area contributed by atoms with Gasteiger partial charge in [-0.2, -0.15) is 0 Å². The monoisotopic (exact) mass is 402 g/mol. The molecular weight excluding hydrogens is 376 g/mol. The third-order valence-corrected chi connectivity index (χ3v) is 6.23. The number of aromatic nitrogens is 2. The van der Waals surface area contributed by atoms with Crippen molar-refractivity contribution in [1.82, 2.24) is 20.0 Å². The van der Waals surface area contributed by atoms with Crippen LogP contribution < -0.4 is 9.80 Å². The molecule has 4 heterocycles. The van der Waals surface area contributed by atoms with Crippen LogP contribution >= 0.6 is 11.3 Å². The van der Waals surface area contributed by atoms with E-state index in [9.17, 15) is 4.79 Å². The Bertz CT molecular complexity index is 753. The molecule has 0 spiro atoms. The Morgan fingerprint density at radius 2 is 1.54 bits per heavy atom. The lowest BCUT2D eigenvalue weighted by molar-refractivity contribution is 0.0751. The Hall–Kier alpha value is -2.23. The summed E-state index contributed by atoms with van der Waals surface area (Å²) >= 11 is 1.49. The highest BCUT2D eigenvalue weighted by atomic mass is 32.1. The molecule has 1 amide bonds. The van der Waals surface area contributed by atoms with E-state index in [0.717, 1.165) is 62.3 Å². The summed E-state index contributed by atoms with van der Waals surface area (Å²) in [6.07, 6.45) is 0. The molecule has 0 saturated carbocycles. The van der Waals surface area contributed by atoms with Gasteiger partial charge in [0.1, 0.15) is 0 Å². The molecule has 1 N–H and O–H groups in total. The Morgan fingerprint density at radius 1 is 0.929 bits per heavy atom. The first kappa shape index (κ1) is 19.1. The second-order valence-electron chi connectivity index (χ2n) is 7.06. The van der Waals surface area contributed by atoms with E-state index in [1.807, 2.05) is 34.5 Å². The molecule has 2 aliphatic heterocycles. The number of carbonyl (C=O) groups is 1. The summed E-state index contributed by atoms with van der Waals surface area (Å²) in [4.78, 5) is 21.9. The first-order valence-electron chi connectivity index (χ1n) is 9.74. The molecule has 0 aliphatic carbocycles. The van der Waals surface area contributed by atoms with Gasteiger partial charge >= 0.3 is 0 Å². The van der Waals surface area contributed by atoms with Crippen molar-refractivity contribution in [2.75, 3.05) is 75.3 Å². The Kier molecular flexibility index (Phi) is 6.04. The molecule has 2 saturated heterocycles. The van der Waals surface area contributed by atoms with Gasteiger partial charge in [-0.25, -0.2) is 0 Å². The van der Waals surface area contributed by atoms with E-state index in [2.05, 4.69) is 24.9 Å². The fourth-order valence-corrected chi connectivity index (χ4v) is 4.38. The third-order valence-electron chi connectivity index (χ3n) is 5.37. The van der Waals surface area contributed by atoms with Crippen molar-refractivity contribution in [2.24, 2.45) is 0 Å². The van der Waals surface area contributed by atoms with Gasteiger partial charge in [-0.05, 0) is 23.6 Å². The minimum atomic E-state index is 0.122. The van der Waals surface area contributed by atoms with Gasteiger partial charge < -0.3 is 19.8 Å². The average molecular weight is 403 g/mol. The van der Waals surface area contributed by atoms with E-state index < -0.39 is 0 Å². The number of piperazine rings is 2. The van der Waals surface area contributed by atoms with Crippen molar-refractivity contribution in [2.45, 2.75) is 0 Å². The number of aliphatic hydroxyl groups excluding tert-OH is 1. The van der Waals surface area contributed by atoms with Gasteiger partial charge in [0.05, 0.1) is 11.5 Å². The lowest BCUT2D eigenvalue weighted by Crippen LogP contribution is -2.49. The van der Waals surface area contributed by atoms with E-state index in [0.29, 0.717) is 13.1 Å². The Balaban J connectivity index is 1.30. The molecule has 150 valence electrons. The van der Waals surface area contributed by atoms with Crippen molar-refractivity contribution in [3.63, 3.8) is 0 Å². The van der Waals surface area contributed by atoms with E-state index >= 15 is 0 Å². The summed E-state index contributed by atoms with van der Waals surface area (Å²) < 4.78 is 0. The number of aliphatic hydroxyl groups is 1. The maximum atomic E-state index is 12.5. The van der Waals surface area contributed by atoms with Gasteiger partial charge in [0.25, 0.3) is 5.91 Å². The Morgan fingerprint density at radius 3 is 2.04 bits per heavy atom. The number of amides is 1. The molecule has 9 heteroatoms. The van der Waals surface area contributed by atoms with Gasteiger partial charge in [0.15, 0.2) is 11.6 Å². The van der Waals surface area contributed by atoms with Crippen molar-refractivity contribution >= 4 is 28.9 Å². The summed E-state index contributed by atoms with van der Waals surface area (Å²) in [6, 6.07) is 7.86. The number of rotatable bonds is 5. The summed E-state index contributed by atoms with van der Waals surface area (Å²) in [5, 5.41) is 19.8. The number of carbonyl (C=O) groups excluding carboxylic acids is 1. The largest absolute Gasteiger partial charge is 0.395 e. The van der Waals surface area contributed by atoms with Crippen LogP contribution in [0.25, 0.3) is 0 Å². The van der Waals surface area contributed by atoms with Gasteiger partial charge in [-0.1, -0.05) is 6.07 Å². The molecule has 0 unspecified atom stereocenters. The van der Waals surface area contributed by atoms with Crippen LogP contribution in [0.5, 0.6) is 0 Å². The number of thiophene rings is 1. The van der Waals surface area contributed by atoms with Crippen molar-refractivity contribution in [3.05, 3.63) is 34.5 Å². The molecule has 8 nitrogen and oxygen atoms in total. The van der Waals surface area contributed by atoms with Crippen LogP contribution in [0.4, 0.5) is 11.6 Å². The van der Waals surface area contributed by atoms with E-state index in [-0.39, 0.29) is 12.5 Å². The predicted octanol–water partition coefficient (Wildman–Crippen LogP) is 0.615. The minimum Gasteiger partial charge on any atom is -0.395 e. The summed E-state index contributed by atoms with van der Waals surface area (Å²) in [5.74, 6) is 1.89. The average Bonchev–Trinajstić information content (AvgIpc) is 3.29. The van der Waals surface area contributed by atoms with Gasteiger partial charge in [-0.3, -0.25) is 9.69 Å². The topological polar surface area (TPSA) is 76.0 Å². The van der Waals surface area contributed by atoms with Crippen LogP contribution in [0, 0.1) is 0 Å². The lowest BCUT2D eigenvalue weighted by atomic mass is 10.2. The summed E-state index contributed by atoms with van der Waals surface area (Å²) in [7, 11) is 0. The second-order valence-corrected chi connectivity index (χ2v) is 8.01. The zero-order chi connectivity index (χ0) is 19.3. The van der Waals surface area contributed by atoms with Gasteiger partial charge in [-0.15, -0.1) is 21.5 Å². The maximum absolute atomic E-state index is 12.5. The first-order chi connectivity index (χ1) is 13.7. The van der Waals surface area contributed by atoms with Crippen LogP contribution in [0.15, 0.2) is 29.6 Å². The van der Waals surface area contributed by atoms with Crippen molar-refractivity contribution in [3.8, 4) is 0 Å². The summed E-state index contributed by atoms with van der Waals surface area (Å²) in [6.45, 7) is 7.56. The van der Waals surface area contributed by atoms with Gasteiger partial charge in [0.2, 0.25) is 0 Å². The van der Waals surface area contributed by atoms with Crippen molar-refractivity contribution in [1.29, 1.82) is 0 Å². The molecule has 2 aliphatic rings. The molecule has 2 fully saturated rings. The zero-order valence-electron chi connectivity index (χ0n) is 15.9. The molecule has 2 aromatic heterocycles. The maximum Gasteiger partial charge on any atom is 0.264 e. The quantitative estimate of drug-likeness (QED) is 0.786. The number of nitrogens with zero attached hydrogens (tertiary/aromatic N) is 6. The molecule has 0 aromatic carbocycles. The van der Waals surface area contributed by atoms with Gasteiger partial charge in [0, 0.05) is 58.9 Å². The second kappa shape index (κ2) is 8.85.